The molecule has 1 aliphatic rings. The lowest BCUT2D eigenvalue weighted by molar-refractivity contribution is 0.209. The minimum absolute atomic E-state index is 0.311. The van der Waals surface area contributed by atoms with Crippen molar-refractivity contribution in [2.45, 2.75) is 32.9 Å². The molecule has 1 heterocycles. The van der Waals surface area contributed by atoms with Crippen LogP contribution >= 0.6 is 15.9 Å². The number of halogens is 1. The molecule has 1 fully saturated rings. The molecule has 1 atom stereocenters. The Morgan fingerprint density at radius 3 is 2.74 bits per heavy atom. The van der Waals surface area contributed by atoms with Crippen LogP contribution in [0.5, 0.6) is 5.75 Å². The highest BCUT2D eigenvalue weighted by Gasteiger charge is 2.25. The van der Waals surface area contributed by atoms with Crippen LogP contribution < -0.4 is 0 Å². The molecule has 0 amide bonds. The van der Waals surface area contributed by atoms with Crippen molar-refractivity contribution in [3.63, 3.8) is 0 Å². The normalized spacial score (nSPS) is 20.3. The molecule has 4 heteroatoms. The summed E-state index contributed by atoms with van der Waals surface area (Å²) >= 11 is 3.38. The molecule has 106 valence electrons. The number of hydrogen-bond donors (Lipinski definition) is 1. The number of likely N-dealkylation sites (tertiary alicyclic amines) is 1. The van der Waals surface area contributed by atoms with E-state index in [-0.39, 0.29) is 0 Å². The minimum atomic E-state index is 0.311. The van der Waals surface area contributed by atoms with Gasteiger partial charge in [-0.15, -0.1) is 0 Å². The van der Waals surface area contributed by atoms with Crippen LogP contribution in [-0.2, 0) is 6.54 Å². The molecule has 0 radical (unpaired) electrons. The van der Waals surface area contributed by atoms with Gasteiger partial charge in [0, 0.05) is 25.7 Å². The molecule has 1 aromatic rings. The summed E-state index contributed by atoms with van der Waals surface area (Å²) in [4.78, 5) is 5.05. The average Bonchev–Trinajstić information content (AvgIpc) is 2.84. The lowest BCUT2D eigenvalue weighted by atomic mass is 10.2. The first kappa shape index (κ1) is 14.8. The highest BCUT2D eigenvalue weighted by Crippen LogP contribution is 2.26. The van der Waals surface area contributed by atoms with Gasteiger partial charge in [0.25, 0.3) is 0 Å². The molecule has 0 aliphatic carbocycles. The second kappa shape index (κ2) is 6.73. The van der Waals surface area contributed by atoms with Gasteiger partial charge in [0.05, 0.1) is 4.47 Å². The summed E-state index contributed by atoms with van der Waals surface area (Å²) in [5, 5.41) is 9.52. The minimum Gasteiger partial charge on any atom is -0.507 e. The third-order valence-electron chi connectivity index (χ3n) is 3.99. The summed E-state index contributed by atoms with van der Waals surface area (Å²) in [7, 11) is 0. The van der Waals surface area contributed by atoms with Crippen LogP contribution in [0.4, 0.5) is 0 Å². The lowest BCUT2D eigenvalue weighted by Crippen LogP contribution is -2.37. The molecule has 1 N–H and O–H groups in total. The molecule has 1 saturated heterocycles. The molecular formula is C15H23BrN2O. The SMILES string of the molecule is CCN(CC)C1CCN(Cc2ccc(O)c(Br)c2)C1. The molecule has 0 spiro atoms. The first-order valence-corrected chi connectivity index (χ1v) is 7.87. The number of phenolic OH excluding ortho intramolecular Hbond substituents is 1. The van der Waals surface area contributed by atoms with E-state index in [2.05, 4.69) is 39.6 Å². The van der Waals surface area contributed by atoms with E-state index in [0.717, 1.165) is 30.7 Å². The Balaban J connectivity index is 1.92. The third kappa shape index (κ3) is 3.71. The summed E-state index contributed by atoms with van der Waals surface area (Å²) < 4.78 is 0.782. The van der Waals surface area contributed by atoms with E-state index in [0.29, 0.717) is 11.8 Å². The van der Waals surface area contributed by atoms with Crippen molar-refractivity contribution in [2.24, 2.45) is 0 Å². The molecule has 0 bridgehead atoms. The maximum Gasteiger partial charge on any atom is 0.129 e. The van der Waals surface area contributed by atoms with Gasteiger partial charge in [0.15, 0.2) is 0 Å². The fraction of sp³-hybridized carbons (Fsp3) is 0.600. The predicted octanol–water partition coefficient (Wildman–Crippen LogP) is 3.07. The third-order valence-corrected chi connectivity index (χ3v) is 4.63. The molecule has 0 aromatic heterocycles. The number of hydrogen-bond acceptors (Lipinski definition) is 3. The zero-order valence-electron chi connectivity index (χ0n) is 11.8. The average molecular weight is 327 g/mol. The quantitative estimate of drug-likeness (QED) is 0.900. The Hall–Kier alpha value is -0.580. The monoisotopic (exact) mass is 326 g/mol. The van der Waals surface area contributed by atoms with E-state index < -0.39 is 0 Å². The van der Waals surface area contributed by atoms with E-state index in [1.807, 2.05) is 12.1 Å². The Labute approximate surface area is 124 Å². The van der Waals surface area contributed by atoms with Gasteiger partial charge in [-0.25, -0.2) is 0 Å². The Morgan fingerprint density at radius 2 is 2.11 bits per heavy atom. The van der Waals surface area contributed by atoms with E-state index in [4.69, 9.17) is 0 Å². The summed E-state index contributed by atoms with van der Waals surface area (Å²) in [6.07, 6.45) is 1.26. The Kier molecular flexibility index (Phi) is 5.25. The summed E-state index contributed by atoms with van der Waals surface area (Å²) in [6.45, 7) is 10.0. The van der Waals surface area contributed by atoms with Crippen LogP contribution in [-0.4, -0.2) is 47.1 Å². The number of phenols is 1. The topological polar surface area (TPSA) is 26.7 Å². The number of rotatable bonds is 5. The van der Waals surface area contributed by atoms with E-state index in [1.165, 1.54) is 18.5 Å². The van der Waals surface area contributed by atoms with Crippen LogP contribution in [0.3, 0.4) is 0 Å². The molecule has 0 saturated carbocycles. The summed E-state index contributed by atoms with van der Waals surface area (Å²) in [5.74, 6) is 0.311. The maximum absolute atomic E-state index is 9.52. The highest BCUT2D eigenvalue weighted by atomic mass is 79.9. The smallest absolute Gasteiger partial charge is 0.129 e. The molecule has 1 aliphatic heterocycles. The van der Waals surface area contributed by atoms with Crippen LogP contribution in [0.1, 0.15) is 25.8 Å². The first-order valence-electron chi connectivity index (χ1n) is 7.07. The standard InChI is InChI=1S/C15H23BrN2O/c1-3-18(4-2)13-7-8-17(11-13)10-12-5-6-15(19)14(16)9-12/h5-6,9,13,19H,3-4,7-8,10-11H2,1-2H3. The van der Waals surface area contributed by atoms with Crippen molar-refractivity contribution < 1.29 is 5.11 Å². The second-order valence-corrected chi connectivity index (χ2v) is 6.04. The van der Waals surface area contributed by atoms with Gasteiger partial charge < -0.3 is 5.11 Å². The predicted molar refractivity (Wildman–Crippen MR) is 82.4 cm³/mol. The first-order chi connectivity index (χ1) is 9.13. The summed E-state index contributed by atoms with van der Waals surface area (Å²) in [5.41, 5.74) is 1.25. The zero-order chi connectivity index (χ0) is 13.8. The molecule has 2 rings (SSSR count). The zero-order valence-corrected chi connectivity index (χ0v) is 13.4. The van der Waals surface area contributed by atoms with Gasteiger partial charge in [-0.2, -0.15) is 0 Å². The van der Waals surface area contributed by atoms with Gasteiger partial charge >= 0.3 is 0 Å². The fourth-order valence-electron chi connectivity index (χ4n) is 2.90. The van der Waals surface area contributed by atoms with Gasteiger partial charge in [-0.3, -0.25) is 9.80 Å². The Morgan fingerprint density at radius 1 is 1.37 bits per heavy atom. The van der Waals surface area contributed by atoms with Crippen molar-refractivity contribution in [2.75, 3.05) is 26.2 Å². The summed E-state index contributed by atoms with van der Waals surface area (Å²) in [6, 6.07) is 6.48. The Bertz CT molecular complexity index is 421. The second-order valence-electron chi connectivity index (χ2n) is 5.18. The van der Waals surface area contributed by atoms with Gasteiger partial charge in [-0.05, 0) is 53.1 Å². The van der Waals surface area contributed by atoms with Gasteiger partial charge in [0.2, 0.25) is 0 Å². The maximum atomic E-state index is 9.52. The largest absolute Gasteiger partial charge is 0.507 e. The number of nitrogens with zero attached hydrogens (tertiary/aromatic N) is 2. The van der Waals surface area contributed by atoms with Crippen molar-refractivity contribution >= 4 is 15.9 Å². The van der Waals surface area contributed by atoms with Crippen molar-refractivity contribution in [3.8, 4) is 5.75 Å². The van der Waals surface area contributed by atoms with Crippen LogP contribution in [0.2, 0.25) is 0 Å². The molecule has 3 nitrogen and oxygen atoms in total. The molecule has 1 aromatic carbocycles. The number of likely N-dealkylation sites (N-methyl/N-ethyl adjacent to an activating group) is 1. The fourth-order valence-corrected chi connectivity index (χ4v) is 3.33. The number of benzene rings is 1. The van der Waals surface area contributed by atoms with Crippen LogP contribution in [0.15, 0.2) is 22.7 Å². The number of aromatic hydroxyl groups is 1. The highest BCUT2D eigenvalue weighted by molar-refractivity contribution is 9.10. The van der Waals surface area contributed by atoms with Gasteiger partial charge in [-0.1, -0.05) is 19.9 Å². The van der Waals surface area contributed by atoms with Crippen molar-refractivity contribution in [1.29, 1.82) is 0 Å². The van der Waals surface area contributed by atoms with Crippen LogP contribution in [0.25, 0.3) is 0 Å². The molecule has 1 unspecified atom stereocenters. The van der Waals surface area contributed by atoms with E-state index in [9.17, 15) is 5.11 Å². The van der Waals surface area contributed by atoms with Gasteiger partial charge in [0.1, 0.15) is 5.75 Å². The molecule has 19 heavy (non-hydrogen) atoms. The van der Waals surface area contributed by atoms with Crippen molar-refractivity contribution in [3.05, 3.63) is 28.2 Å². The molecular weight excluding hydrogens is 304 g/mol. The van der Waals surface area contributed by atoms with Crippen LogP contribution in [0, 0.1) is 0 Å². The van der Waals surface area contributed by atoms with E-state index >= 15 is 0 Å². The van der Waals surface area contributed by atoms with Crippen molar-refractivity contribution in [1.82, 2.24) is 9.80 Å². The lowest BCUT2D eigenvalue weighted by Gasteiger charge is -2.26. The van der Waals surface area contributed by atoms with E-state index in [1.54, 1.807) is 6.07 Å².